The van der Waals surface area contributed by atoms with Gasteiger partial charge in [0.2, 0.25) is 0 Å². The van der Waals surface area contributed by atoms with E-state index in [-0.39, 0.29) is 0 Å². The van der Waals surface area contributed by atoms with Gasteiger partial charge in [-0.25, -0.2) is 0 Å². The first-order valence-electron chi connectivity index (χ1n) is 5.21. The number of anilines is 1. The van der Waals surface area contributed by atoms with Crippen LogP contribution in [0.2, 0.25) is 0 Å². The van der Waals surface area contributed by atoms with Gasteiger partial charge in [0.05, 0.1) is 6.20 Å². The fourth-order valence-corrected chi connectivity index (χ4v) is 1.81. The minimum Gasteiger partial charge on any atom is -0.368 e. The van der Waals surface area contributed by atoms with E-state index < -0.39 is 0 Å². The van der Waals surface area contributed by atoms with Gasteiger partial charge in [-0.2, -0.15) is 5.10 Å². The van der Waals surface area contributed by atoms with Crippen LogP contribution in [0.5, 0.6) is 0 Å². The fraction of sp³-hybridized carbons (Fsp3) is 0.636. The van der Waals surface area contributed by atoms with Gasteiger partial charge in [0, 0.05) is 6.54 Å². The fourth-order valence-electron chi connectivity index (χ4n) is 1.81. The first kappa shape index (κ1) is 9.44. The molecule has 0 saturated heterocycles. The van der Waals surface area contributed by atoms with Gasteiger partial charge in [-0.3, -0.25) is 0 Å². The molecule has 0 atom stereocenters. The molecule has 0 unspecified atom stereocenters. The van der Waals surface area contributed by atoms with Crippen LogP contribution in [-0.4, -0.2) is 16.7 Å². The highest BCUT2D eigenvalue weighted by atomic mass is 15.2. The summed E-state index contributed by atoms with van der Waals surface area (Å²) >= 11 is 0. The van der Waals surface area contributed by atoms with E-state index >= 15 is 0 Å². The Kier molecular flexibility index (Phi) is 2.40. The molecule has 1 N–H and O–H groups in total. The predicted molar refractivity (Wildman–Crippen MR) is 57.2 cm³/mol. The number of aromatic nitrogens is 2. The van der Waals surface area contributed by atoms with E-state index in [2.05, 4.69) is 22.4 Å². The molecular weight excluding hydrogens is 174 g/mol. The highest BCUT2D eigenvalue weighted by Gasteiger charge is 2.31. The van der Waals surface area contributed by atoms with Crippen LogP contribution in [0, 0.1) is 12.3 Å². The van der Waals surface area contributed by atoms with Crippen molar-refractivity contribution in [3.05, 3.63) is 17.8 Å². The van der Waals surface area contributed by atoms with Crippen LogP contribution in [0.25, 0.3) is 0 Å². The van der Waals surface area contributed by atoms with Gasteiger partial charge in [0.15, 0.2) is 0 Å². The van der Waals surface area contributed by atoms with Crippen LogP contribution < -0.4 is 5.32 Å². The molecule has 2 rings (SSSR count). The molecule has 0 aliphatic heterocycles. The Morgan fingerprint density at radius 1 is 1.50 bits per heavy atom. The van der Waals surface area contributed by atoms with Gasteiger partial charge in [0.1, 0.15) is 5.82 Å². The summed E-state index contributed by atoms with van der Waals surface area (Å²) < 4.78 is 0. The lowest BCUT2D eigenvalue weighted by molar-refractivity contribution is 0.180. The number of aryl methyl sites for hydroxylation is 1. The first-order chi connectivity index (χ1) is 6.68. The molecule has 1 aromatic heterocycles. The quantitative estimate of drug-likeness (QED) is 0.797. The second kappa shape index (κ2) is 3.56. The molecule has 0 amide bonds. The van der Waals surface area contributed by atoms with Gasteiger partial charge in [0.25, 0.3) is 0 Å². The van der Waals surface area contributed by atoms with E-state index in [0.29, 0.717) is 5.41 Å². The Bertz CT molecular complexity index is 318. The molecule has 1 aliphatic carbocycles. The first-order valence-corrected chi connectivity index (χ1v) is 5.21. The SMILES string of the molecule is Cc1cnnc(NCC2(C)CCC2)c1. The van der Waals surface area contributed by atoms with Crippen molar-refractivity contribution in [2.45, 2.75) is 33.1 Å². The van der Waals surface area contributed by atoms with Crippen LogP contribution in [0.4, 0.5) is 5.82 Å². The van der Waals surface area contributed by atoms with Gasteiger partial charge in [-0.1, -0.05) is 13.3 Å². The second-order valence-corrected chi connectivity index (χ2v) is 4.64. The highest BCUT2D eigenvalue weighted by molar-refractivity contribution is 5.35. The summed E-state index contributed by atoms with van der Waals surface area (Å²) in [5, 5.41) is 11.3. The number of hydrogen-bond acceptors (Lipinski definition) is 3. The molecule has 3 nitrogen and oxygen atoms in total. The number of hydrogen-bond donors (Lipinski definition) is 1. The van der Waals surface area contributed by atoms with Crippen molar-refractivity contribution in [1.29, 1.82) is 0 Å². The van der Waals surface area contributed by atoms with E-state index in [4.69, 9.17) is 0 Å². The number of nitrogens with zero attached hydrogens (tertiary/aromatic N) is 2. The molecule has 3 heteroatoms. The van der Waals surface area contributed by atoms with Crippen molar-refractivity contribution in [3.8, 4) is 0 Å². The van der Waals surface area contributed by atoms with Gasteiger partial charge < -0.3 is 5.32 Å². The predicted octanol–water partition coefficient (Wildman–Crippen LogP) is 2.39. The zero-order valence-corrected chi connectivity index (χ0v) is 8.88. The average Bonchev–Trinajstić information content (AvgIpc) is 2.12. The number of nitrogens with one attached hydrogen (secondary N) is 1. The molecule has 1 saturated carbocycles. The van der Waals surface area contributed by atoms with Crippen LogP contribution in [0.1, 0.15) is 31.7 Å². The molecule has 1 aromatic rings. The lowest BCUT2D eigenvalue weighted by Crippen LogP contribution is -2.33. The summed E-state index contributed by atoms with van der Waals surface area (Å²) in [5.74, 6) is 0.901. The Balaban J connectivity index is 1.91. The summed E-state index contributed by atoms with van der Waals surface area (Å²) in [5.41, 5.74) is 1.65. The Labute approximate surface area is 84.9 Å². The molecular formula is C11H17N3. The van der Waals surface area contributed by atoms with Crippen molar-refractivity contribution >= 4 is 5.82 Å². The lowest BCUT2D eigenvalue weighted by Gasteiger charge is -2.38. The maximum absolute atomic E-state index is 4.04. The molecule has 0 radical (unpaired) electrons. The Hall–Kier alpha value is -1.12. The van der Waals surface area contributed by atoms with Crippen molar-refractivity contribution in [1.82, 2.24) is 10.2 Å². The molecule has 14 heavy (non-hydrogen) atoms. The Morgan fingerprint density at radius 2 is 2.29 bits per heavy atom. The smallest absolute Gasteiger partial charge is 0.148 e. The van der Waals surface area contributed by atoms with Gasteiger partial charge in [-0.05, 0) is 36.8 Å². The normalized spacial score (nSPS) is 18.7. The standard InChI is InChI=1S/C11H17N3/c1-9-6-10(14-13-7-9)12-8-11(2)4-3-5-11/h6-7H,3-5,8H2,1-2H3,(H,12,14). The summed E-state index contributed by atoms with van der Waals surface area (Å²) in [7, 11) is 0. The van der Waals surface area contributed by atoms with Crippen molar-refractivity contribution in [2.75, 3.05) is 11.9 Å². The van der Waals surface area contributed by atoms with E-state index in [1.807, 2.05) is 13.0 Å². The Morgan fingerprint density at radius 3 is 2.86 bits per heavy atom. The third kappa shape index (κ3) is 2.03. The van der Waals surface area contributed by atoms with E-state index in [0.717, 1.165) is 17.9 Å². The van der Waals surface area contributed by atoms with Crippen LogP contribution >= 0.6 is 0 Å². The molecule has 1 fully saturated rings. The zero-order valence-electron chi connectivity index (χ0n) is 8.88. The van der Waals surface area contributed by atoms with Crippen molar-refractivity contribution in [2.24, 2.45) is 5.41 Å². The van der Waals surface area contributed by atoms with Gasteiger partial charge >= 0.3 is 0 Å². The zero-order chi connectivity index (χ0) is 10.0. The molecule has 0 bridgehead atoms. The third-order valence-electron chi connectivity index (χ3n) is 3.05. The minimum absolute atomic E-state index is 0.491. The van der Waals surface area contributed by atoms with E-state index in [1.165, 1.54) is 19.3 Å². The van der Waals surface area contributed by atoms with Crippen LogP contribution in [-0.2, 0) is 0 Å². The third-order valence-corrected chi connectivity index (χ3v) is 3.05. The largest absolute Gasteiger partial charge is 0.368 e. The van der Waals surface area contributed by atoms with Crippen LogP contribution in [0.3, 0.4) is 0 Å². The van der Waals surface area contributed by atoms with Crippen LogP contribution in [0.15, 0.2) is 12.3 Å². The summed E-state index contributed by atoms with van der Waals surface area (Å²) in [6, 6.07) is 2.04. The van der Waals surface area contributed by atoms with E-state index in [1.54, 1.807) is 6.20 Å². The topological polar surface area (TPSA) is 37.8 Å². The van der Waals surface area contributed by atoms with E-state index in [9.17, 15) is 0 Å². The molecule has 0 spiro atoms. The summed E-state index contributed by atoms with van der Waals surface area (Å²) in [6.45, 7) is 5.38. The summed E-state index contributed by atoms with van der Waals surface area (Å²) in [6.07, 6.45) is 5.81. The van der Waals surface area contributed by atoms with Crippen molar-refractivity contribution in [3.63, 3.8) is 0 Å². The van der Waals surface area contributed by atoms with Gasteiger partial charge in [-0.15, -0.1) is 5.10 Å². The summed E-state index contributed by atoms with van der Waals surface area (Å²) in [4.78, 5) is 0. The maximum atomic E-state index is 4.04. The molecule has 0 aromatic carbocycles. The number of rotatable bonds is 3. The second-order valence-electron chi connectivity index (χ2n) is 4.64. The maximum Gasteiger partial charge on any atom is 0.148 e. The molecule has 1 aliphatic rings. The highest BCUT2D eigenvalue weighted by Crippen LogP contribution is 2.39. The average molecular weight is 191 g/mol. The molecule has 1 heterocycles. The molecule has 76 valence electrons. The minimum atomic E-state index is 0.491. The lowest BCUT2D eigenvalue weighted by atomic mass is 9.70. The monoisotopic (exact) mass is 191 g/mol. The van der Waals surface area contributed by atoms with Crippen molar-refractivity contribution < 1.29 is 0 Å².